The quantitative estimate of drug-likeness (QED) is 0.482. The van der Waals surface area contributed by atoms with Gasteiger partial charge in [0.2, 0.25) is 0 Å². The van der Waals surface area contributed by atoms with Crippen LogP contribution >= 0.6 is 28.3 Å². The predicted octanol–water partition coefficient (Wildman–Crippen LogP) is 5.77. The molecule has 1 unspecified atom stereocenters. The lowest BCUT2D eigenvalue weighted by atomic mass is 9.98. The van der Waals surface area contributed by atoms with Crippen molar-refractivity contribution < 1.29 is 26.3 Å². The van der Waals surface area contributed by atoms with Gasteiger partial charge in [-0.2, -0.15) is 0 Å². The van der Waals surface area contributed by atoms with Gasteiger partial charge in [0.1, 0.15) is 5.75 Å². The summed E-state index contributed by atoms with van der Waals surface area (Å²) in [7, 11) is -3.97. The van der Waals surface area contributed by atoms with Gasteiger partial charge in [-0.3, -0.25) is 4.72 Å². The fourth-order valence-corrected chi connectivity index (χ4v) is 5.21. The Morgan fingerprint density at radius 3 is 2.45 bits per heavy atom. The first-order chi connectivity index (χ1) is 14.1. The lowest BCUT2D eigenvalue weighted by molar-refractivity contribution is -0.274. The molecule has 0 aromatic heterocycles. The molecule has 1 aliphatic rings. The monoisotopic (exact) mass is 542 g/mol. The largest absolute Gasteiger partial charge is 0.573 e. The van der Waals surface area contributed by atoms with E-state index in [1.165, 1.54) is 0 Å². The Morgan fingerprint density at radius 2 is 1.87 bits per heavy atom. The Labute approximate surface area is 194 Å². The van der Waals surface area contributed by atoms with Crippen molar-refractivity contribution in [1.29, 1.82) is 0 Å². The number of ether oxygens (including phenoxy) is 1. The minimum Gasteiger partial charge on any atom is -0.405 e. The van der Waals surface area contributed by atoms with E-state index in [0.717, 1.165) is 56.2 Å². The van der Waals surface area contributed by atoms with E-state index in [9.17, 15) is 21.6 Å². The molecule has 1 fully saturated rings. The zero-order valence-electron chi connectivity index (χ0n) is 16.7. The van der Waals surface area contributed by atoms with Crippen LogP contribution in [0, 0.1) is 0 Å². The van der Waals surface area contributed by atoms with Crippen molar-refractivity contribution in [2.24, 2.45) is 0 Å². The highest BCUT2D eigenvalue weighted by atomic mass is 79.9. The number of nitrogens with one attached hydrogen (secondary N) is 1. The average molecular weight is 544 g/mol. The van der Waals surface area contributed by atoms with Gasteiger partial charge < -0.3 is 9.64 Å². The zero-order valence-corrected chi connectivity index (χ0v) is 19.9. The van der Waals surface area contributed by atoms with Gasteiger partial charge in [-0.05, 0) is 83.7 Å². The van der Waals surface area contributed by atoms with Crippen LogP contribution in [0.4, 0.5) is 18.9 Å². The topological polar surface area (TPSA) is 58.6 Å². The SMILES string of the molecule is CCCN1CCC(c2ccc(NS(=O)(=O)c3ccc(OC(F)(F)F)c(Br)c3)cc2)C1.Cl. The highest BCUT2D eigenvalue weighted by molar-refractivity contribution is 9.10. The molecule has 0 bridgehead atoms. The van der Waals surface area contributed by atoms with Crippen LogP contribution in [0.25, 0.3) is 0 Å². The second kappa shape index (κ2) is 10.4. The molecule has 1 atom stereocenters. The molecule has 2 aromatic rings. The summed E-state index contributed by atoms with van der Waals surface area (Å²) in [6.07, 6.45) is -2.67. The van der Waals surface area contributed by atoms with Crippen molar-refractivity contribution in [3.8, 4) is 5.75 Å². The third kappa shape index (κ3) is 7.00. The standard InChI is InChI=1S/C20H22BrF3N2O3S.ClH/c1-2-10-26-11-9-15(13-26)14-3-5-16(6-4-14)25-30(27,28)17-7-8-19(18(21)12-17)29-20(22,23)24;/h3-8,12,15,25H,2,9-11,13H2,1H3;1H. The Hall–Kier alpha value is -1.49. The number of alkyl halides is 3. The van der Waals surface area contributed by atoms with Crippen LogP contribution in [-0.4, -0.2) is 39.3 Å². The molecule has 11 heteroatoms. The number of anilines is 1. The number of hydrogen-bond donors (Lipinski definition) is 1. The van der Waals surface area contributed by atoms with E-state index in [2.05, 4.69) is 37.2 Å². The molecule has 172 valence electrons. The molecule has 0 aliphatic carbocycles. The first-order valence-corrected chi connectivity index (χ1v) is 11.8. The fraction of sp³-hybridized carbons (Fsp3) is 0.400. The molecule has 0 amide bonds. The second-order valence-corrected chi connectivity index (χ2v) is 9.69. The van der Waals surface area contributed by atoms with E-state index in [1.54, 1.807) is 12.1 Å². The van der Waals surface area contributed by atoms with Gasteiger partial charge in [-0.15, -0.1) is 25.6 Å². The van der Waals surface area contributed by atoms with Gasteiger partial charge in [0.25, 0.3) is 10.0 Å². The minimum absolute atomic E-state index is 0. The van der Waals surface area contributed by atoms with Gasteiger partial charge in [0.05, 0.1) is 9.37 Å². The van der Waals surface area contributed by atoms with Crippen molar-refractivity contribution in [3.63, 3.8) is 0 Å². The van der Waals surface area contributed by atoms with Crippen LogP contribution in [0.2, 0.25) is 0 Å². The van der Waals surface area contributed by atoms with E-state index in [0.29, 0.717) is 11.6 Å². The fourth-order valence-electron chi connectivity index (χ4n) is 3.52. The third-order valence-electron chi connectivity index (χ3n) is 4.89. The molecule has 3 rings (SSSR count). The van der Waals surface area contributed by atoms with Crippen LogP contribution in [0.3, 0.4) is 0 Å². The maximum atomic E-state index is 12.6. The Morgan fingerprint density at radius 1 is 1.19 bits per heavy atom. The smallest absolute Gasteiger partial charge is 0.405 e. The van der Waals surface area contributed by atoms with Gasteiger partial charge in [0.15, 0.2) is 0 Å². The van der Waals surface area contributed by atoms with Gasteiger partial charge in [0, 0.05) is 12.2 Å². The van der Waals surface area contributed by atoms with Gasteiger partial charge in [-0.25, -0.2) is 8.42 Å². The average Bonchev–Trinajstić information content (AvgIpc) is 3.11. The Balaban J connectivity index is 0.00000341. The number of hydrogen-bond acceptors (Lipinski definition) is 4. The maximum Gasteiger partial charge on any atom is 0.573 e. The minimum atomic E-state index is -4.87. The van der Waals surface area contributed by atoms with Crippen molar-refractivity contribution in [3.05, 3.63) is 52.5 Å². The van der Waals surface area contributed by atoms with Gasteiger partial charge in [-0.1, -0.05) is 19.1 Å². The lowest BCUT2D eigenvalue weighted by Crippen LogP contribution is -2.20. The highest BCUT2D eigenvalue weighted by Crippen LogP contribution is 2.33. The molecule has 0 spiro atoms. The van der Waals surface area contributed by atoms with Gasteiger partial charge >= 0.3 is 6.36 Å². The molecular formula is C20H23BrClF3N2O3S. The second-order valence-electron chi connectivity index (χ2n) is 7.15. The first kappa shape index (κ1) is 25.8. The summed E-state index contributed by atoms with van der Waals surface area (Å²) in [5.41, 5.74) is 1.54. The molecule has 0 radical (unpaired) electrons. The van der Waals surface area contributed by atoms with E-state index in [4.69, 9.17) is 0 Å². The van der Waals surface area contributed by atoms with Crippen LogP contribution in [0.5, 0.6) is 5.75 Å². The van der Waals surface area contributed by atoms with Crippen LogP contribution < -0.4 is 9.46 Å². The Kier molecular flexibility index (Phi) is 8.66. The molecule has 0 saturated carbocycles. The number of rotatable bonds is 7. The number of halogens is 5. The molecule has 31 heavy (non-hydrogen) atoms. The summed E-state index contributed by atoms with van der Waals surface area (Å²) in [6.45, 7) is 5.30. The summed E-state index contributed by atoms with van der Waals surface area (Å²) >= 11 is 2.92. The Bertz CT molecular complexity index is 988. The molecule has 5 nitrogen and oxygen atoms in total. The number of nitrogens with zero attached hydrogens (tertiary/aromatic N) is 1. The number of likely N-dealkylation sites (tertiary alicyclic amines) is 1. The summed E-state index contributed by atoms with van der Waals surface area (Å²) in [5, 5.41) is 0. The normalized spacial score (nSPS) is 17.3. The van der Waals surface area contributed by atoms with E-state index in [-0.39, 0.29) is 21.8 Å². The van der Waals surface area contributed by atoms with Crippen molar-refractivity contribution in [2.45, 2.75) is 36.9 Å². The van der Waals surface area contributed by atoms with Crippen LogP contribution in [0.1, 0.15) is 31.2 Å². The van der Waals surface area contributed by atoms with Crippen molar-refractivity contribution in [1.82, 2.24) is 4.90 Å². The third-order valence-corrected chi connectivity index (χ3v) is 6.88. The molecular weight excluding hydrogens is 521 g/mol. The molecule has 1 N–H and O–H groups in total. The van der Waals surface area contributed by atoms with Crippen molar-refractivity contribution in [2.75, 3.05) is 24.4 Å². The molecule has 1 aliphatic heterocycles. The number of benzene rings is 2. The van der Waals surface area contributed by atoms with Crippen LogP contribution in [-0.2, 0) is 10.0 Å². The maximum absolute atomic E-state index is 12.6. The summed E-state index contributed by atoms with van der Waals surface area (Å²) in [6, 6.07) is 10.3. The summed E-state index contributed by atoms with van der Waals surface area (Å²) < 4.78 is 68.5. The lowest BCUT2D eigenvalue weighted by Gasteiger charge is -2.15. The van der Waals surface area contributed by atoms with E-state index in [1.807, 2.05) is 12.1 Å². The zero-order chi connectivity index (χ0) is 21.9. The van der Waals surface area contributed by atoms with E-state index < -0.39 is 22.1 Å². The predicted molar refractivity (Wildman–Crippen MR) is 119 cm³/mol. The number of sulfonamides is 1. The molecule has 1 saturated heterocycles. The van der Waals surface area contributed by atoms with Crippen molar-refractivity contribution >= 4 is 44.0 Å². The van der Waals surface area contributed by atoms with E-state index >= 15 is 0 Å². The molecule has 1 heterocycles. The first-order valence-electron chi connectivity index (χ1n) is 9.48. The van der Waals surface area contributed by atoms with Crippen LogP contribution in [0.15, 0.2) is 51.8 Å². The summed E-state index contributed by atoms with van der Waals surface area (Å²) in [5.74, 6) is -0.0844. The highest BCUT2D eigenvalue weighted by Gasteiger charge is 2.32. The molecule has 2 aromatic carbocycles. The summed E-state index contributed by atoms with van der Waals surface area (Å²) in [4.78, 5) is 2.24.